The van der Waals surface area contributed by atoms with Crippen molar-refractivity contribution in [2.45, 2.75) is 50.9 Å². The van der Waals surface area contributed by atoms with Gasteiger partial charge in [0.05, 0.1) is 12.6 Å². The van der Waals surface area contributed by atoms with Crippen molar-refractivity contribution >= 4 is 23.6 Å². The van der Waals surface area contributed by atoms with Gasteiger partial charge in [-0.25, -0.2) is 9.78 Å². The molecule has 1 amide bonds. The summed E-state index contributed by atoms with van der Waals surface area (Å²) in [5.41, 5.74) is 7.29. The Hall–Kier alpha value is -2.32. The fourth-order valence-corrected chi connectivity index (χ4v) is 3.62. The number of nitrogens with zero attached hydrogens (tertiary/aromatic N) is 1. The zero-order chi connectivity index (χ0) is 21.1. The third kappa shape index (κ3) is 7.55. The van der Waals surface area contributed by atoms with Crippen LogP contribution >= 0.6 is 11.8 Å². The van der Waals surface area contributed by atoms with Gasteiger partial charge in [0.25, 0.3) is 5.91 Å². The van der Waals surface area contributed by atoms with Gasteiger partial charge in [0, 0.05) is 11.5 Å². The van der Waals surface area contributed by atoms with E-state index in [1.807, 2.05) is 30.3 Å². The van der Waals surface area contributed by atoms with Crippen LogP contribution in [0.4, 0.5) is 0 Å². The highest BCUT2D eigenvalue weighted by molar-refractivity contribution is 7.98. The van der Waals surface area contributed by atoms with E-state index in [-0.39, 0.29) is 18.3 Å². The van der Waals surface area contributed by atoms with Gasteiger partial charge in [-0.05, 0) is 18.9 Å². The molecular weight excluding hydrogens is 390 g/mol. The standard InChI is InChI=1S/C21H29N3O4S/c1-3-5-11-16(22)20-24-17(12-28-20)19(25)23-18(21(26)27-4-2)14-29-13-15-9-7-6-8-10-15/h6-10,12,16,18H,3-5,11,13-14,22H2,1-2H3,(H,23,25). The smallest absolute Gasteiger partial charge is 0.329 e. The number of ether oxygens (including phenoxy) is 1. The maximum absolute atomic E-state index is 12.6. The van der Waals surface area contributed by atoms with E-state index in [0.29, 0.717) is 11.6 Å². The predicted molar refractivity (Wildman–Crippen MR) is 113 cm³/mol. The van der Waals surface area contributed by atoms with Gasteiger partial charge in [0.2, 0.25) is 5.89 Å². The highest BCUT2D eigenvalue weighted by Gasteiger charge is 2.25. The molecule has 0 aliphatic rings. The molecule has 8 heteroatoms. The molecule has 3 N–H and O–H groups in total. The molecular formula is C21H29N3O4S. The SMILES string of the molecule is CCCCC(N)c1nc(C(=O)NC(CSCc2ccccc2)C(=O)OCC)co1. The average molecular weight is 420 g/mol. The van der Waals surface area contributed by atoms with Gasteiger partial charge in [0.15, 0.2) is 5.69 Å². The van der Waals surface area contributed by atoms with Crippen molar-refractivity contribution in [2.75, 3.05) is 12.4 Å². The first-order valence-electron chi connectivity index (χ1n) is 9.85. The first-order valence-corrected chi connectivity index (χ1v) is 11.0. The van der Waals surface area contributed by atoms with Crippen LogP contribution in [0.1, 0.15) is 61.1 Å². The first kappa shape index (κ1) is 23.0. The van der Waals surface area contributed by atoms with E-state index < -0.39 is 17.9 Å². The lowest BCUT2D eigenvalue weighted by Gasteiger charge is -2.16. The molecule has 0 spiro atoms. The maximum atomic E-state index is 12.6. The second-order valence-electron chi connectivity index (χ2n) is 6.60. The van der Waals surface area contributed by atoms with Crippen LogP contribution < -0.4 is 11.1 Å². The Morgan fingerprint density at radius 2 is 2.03 bits per heavy atom. The number of nitrogens with one attached hydrogen (secondary N) is 1. The number of carbonyl (C=O) groups is 2. The molecule has 1 aromatic carbocycles. The highest BCUT2D eigenvalue weighted by atomic mass is 32.2. The Kier molecular flexibility index (Phi) is 9.73. The molecule has 2 rings (SSSR count). The number of aromatic nitrogens is 1. The van der Waals surface area contributed by atoms with Crippen LogP contribution in [-0.2, 0) is 15.3 Å². The summed E-state index contributed by atoms with van der Waals surface area (Å²) in [5.74, 6) is 0.494. The lowest BCUT2D eigenvalue weighted by Crippen LogP contribution is -2.43. The summed E-state index contributed by atoms with van der Waals surface area (Å²) in [4.78, 5) is 29.0. The first-order chi connectivity index (χ1) is 14.0. The van der Waals surface area contributed by atoms with Crippen LogP contribution in [0.2, 0.25) is 0 Å². The van der Waals surface area contributed by atoms with E-state index >= 15 is 0 Å². The summed E-state index contributed by atoms with van der Waals surface area (Å²) in [6, 6.07) is 8.80. The number of unbranched alkanes of at least 4 members (excludes halogenated alkanes) is 1. The largest absolute Gasteiger partial charge is 0.464 e. The lowest BCUT2D eigenvalue weighted by molar-refractivity contribution is -0.144. The maximum Gasteiger partial charge on any atom is 0.329 e. The third-order valence-electron chi connectivity index (χ3n) is 4.21. The predicted octanol–water partition coefficient (Wildman–Crippen LogP) is 3.46. The number of esters is 1. The van der Waals surface area contributed by atoms with E-state index in [2.05, 4.69) is 17.2 Å². The minimum absolute atomic E-state index is 0.106. The second-order valence-corrected chi connectivity index (χ2v) is 7.63. The van der Waals surface area contributed by atoms with E-state index in [4.69, 9.17) is 14.9 Å². The van der Waals surface area contributed by atoms with Crippen molar-refractivity contribution < 1.29 is 18.7 Å². The summed E-state index contributed by atoms with van der Waals surface area (Å²) in [7, 11) is 0. The second kappa shape index (κ2) is 12.3. The van der Waals surface area contributed by atoms with Crippen molar-refractivity contribution in [1.82, 2.24) is 10.3 Å². The summed E-state index contributed by atoms with van der Waals surface area (Å²) in [6.45, 7) is 4.05. The van der Waals surface area contributed by atoms with Gasteiger partial charge < -0.3 is 20.2 Å². The number of nitrogens with two attached hydrogens (primary N) is 1. The Bertz CT molecular complexity index is 766. The van der Waals surface area contributed by atoms with Gasteiger partial charge in [-0.3, -0.25) is 4.79 Å². The molecule has 0 saturated carbocycles. The van der Waals surface area contributed by atoms with Crippen LogP contribution in [0.3, 0.4) is 0 Å². The molecule has 0 radical (unpaired) electrons. The number of carbonyl (C=O) groups excluding carboxylic acids is 2. The zero-order valence-electron chi connectivity index (χ0n) is 16.9. The molecule has 0 aliphatic carbocycles. The van der Waals surface area contributed by atoms with E-state index in [0.717, 1.165) is 30.6 Å². The molecule has 0 saturated heterocycles. The molecule has 2 atom stereocenters. The molecule has 29 heavy (non-hydrogen) atoms. The number of oxazole rings is 1. The molecule has 1 aromatic heterocycles. The Balaban J connectivity index is 1.95. The van der Waals surface area contributed by atoms with Gasteiger partial charge in [-0.15, -0.1) is 0 Å². The Morgan fingerprint density at radius 3 is 2.72 bits per heavy atom. The van der Waals surface area contributed by atoms with E-state index in [1.165, 1.54) is 6.26 Å². The number of benzene rings is 1. The molecule has 0 fully saturated rings. The molecule has 0 aliphatic heterocycles. The van der Waals surface area contributed by atoms with Gasteiger partial charge >= 0.3 is 5.97 Å². The number of thioether (sulfide) groups is 1. The Morgan fingerprint density at radius 1 is 1.28 bits per heavy atom. The molecule has 1 heterocycles. The highest BCUT2D eigenvalue weighted by Crippen LogP contribution is 2.17. The molecule has 2 unspecified atom stereocenters. The van der Waals surface area contributed by atoms with Crippen molar-refractivity contribution in [1.29, 1.82) is 0 Å². The lowest BCUT2D eigenvalue weighted by atomic mass is 10.1. The quantitative estimate of drug-likeness (QED) is 0.507. The topological polar surface area (TPSA) is 107 Å². The van der Waals surface area contributed by atoms with Crippen molar-refractivity contribution in [3.8, 4) is 0 Å². The number of amides is 1. The minimum Gasteiger partial charge on any atom is -0.464 e. The fraction of sp³-hybridized carbons (Fsp3) is 0.476. The van der Waals surface area contributed by atoms with Gasteiger partial charge in [-0.2, -0.15) is 11.8 Å². The fourth-order valence-electron chi connectivity index (χ4n) is 2.62. The third-order valence-corrected chi connectivity index (χ3v) is 5.32. The summed E-state index contributed by atoms with van der Waals surface area (Å²) in [5, 5.41) is 2.70. The summed E-state index contributed by atoms with van der Waals surface area (Å²) >= 11 is 1.55. The van der Waals surface area contributed by atoms with Crippen LogP contribution in [0.15, 0.2) is 41.0 Å². The van der Waals surface area contributed by atoms with Crippen molar-refractivity contribution in [3.05, 3.63) is 53.7 Å². The molecule has 0 bridgehead atoms. The molecule has 158 valence electrons. The van der Waals surface area contributed by atoms with Gasteiger partial charge in [0.1, 0.15) is 12.3 Å². The minimum atomic E-state index is -0.773. The normalized spacial score (nSPS) is 12.9. The summed E-state index contributed by atoms with van der Waals surface area (Å²) < 4.78 is 10.5. The average Bonchev–Trinajstić information content (AvgIpc) is 3.22. The monoisotopic (exact) mass is 419 g/mol. The Labute approximate surface area is 175 Å². The van der Waals surface area contributed by atoms with Gasteiger partial charge in [-0.1, -0.05) is 50.1 Å². The summed E-state index contributed by atoms with van der Waals surface area (Å²) in [6.07, 6.45) is 3.98. The molecule has 7 nitrogen and oxygen atoms in total. The van der Waals surface area contributed by atoms with Crippen LogP contribution in [0.25, 0.3) is 0 Å². The van der Waals surface area contributed by atoms with Crippen LogP contribution in [-0.4, -0.2) is 35.3 Å². The number of hydrogen-bond acceptors (Lipinski definition) is 7. The van der Waals surface area contributed by atoms with Crippen molar-refractivity contribution in [2.24, 2.45) is 5.73 Å². The molecule has 2 aromatic rings. The zero-order valence-corrected chi connectivity index (χ0v) is 17.7. The van der Waals surface area contributed by atoms with Crippen LogP contribution in [0, 0.1) is 0 Å². The van der Waals surface area contributed by atoms with E-state index in [1.54, 1.807) is 18.7 Å². The number of hydrogen-bond donors (Lipinski definition) is 2. The van der Waals surface area contributed by atoms with Crippen LogP contribution in [0.5, 0.6) is 0 Å². The van der Waals surface area contributed by atoms with Crippen molar-refractivity contribution in [3.63, 3.8) is 0 Å². The number of rotatable bonds is 12. The van der Waals surface area contributed by atoms with E-state index in [9.17, 15) is 9.59 Å².